The number of benzene rings is 1. The first-order chi connectivity index (χ1) is 9.97. The number of nitrogens with zero attached hydrogens (tertiary/aromatic N) is 2. The molecule has 21 heavy (non-hydrogen) atoms. The second-order valence-corrected chi connectivity index (χ2v) is 6.56. The summed E-state index contributed by atoms with van der Waals surface area (Å²) in [6, 6.07) is 8.38. The van der Waals surface area contributed by atoms with E-state index in [4.69, 9.17) is 0 Å². The standard InChI is InChI=1S/C14H18N4O2S/c1-11(2)18-21(19,20)13-6-3-5-12(9-13)10-17-14-15-7-4-8-16-14/h3-9,11,18H,10H2,1-2H3,(H,15,16,17). The van der Waals surface area contributed by atoms with E-state index in [0.717, 1.165) is 5.56 Å². The van der Waals surface area contributed by atoms with E-state index in [1.165, 1.54) is 0 Å². The van der Waals surface area contributed by atoms with Crippen LogP contribution in [-0.4, -0.2) is 24.4 Å². The second kappa shape index (κ2) is 6.64. The van der Waals surface area contributed by atoms with Crippen LogP contribution in [-0.2, 0) is 16.6 Å². The average Bonchev–Trinajstić information content (AvgIpc) is 2.45. The lowest BCUT2D eigenvalue weighted by molar-refractivity contribution is 0.569. The van der Waals surface area contributed by atoms with Crippen LogP contribution in [0.2, 0.25) is 0 Å². The molecule has 7 heteroatoms. The largest absolute Gasteiger partial charge is 0.350 e. The van der Waals surface area contributed by atoms with E-state index in [1.54, 1.807) is 50.5 Å². The van der Waals surface area contributed by atoms with E-state index >= 15 is 0 Å². The molecule has 2 N–H and O–H groups in total. The summed E-state index contributed by atoms with van der Waals surface area (Å²) in [4.78, 5) is 8.36. The molecule has 0 aliphatic rings. The van der Waals surface area contributed by atoms with Gasteiger partial charge in [0, 0.05) is 25.0 Å². The molecule has 1 aromatic heterocycles. The summed E-state index contributed by atoms with van der Waals surface area (Å²) in [6.07, 6.45) is 3.28. The normalized spacial score (nSPS) is 11.6. The number of sulfonamides is 1. The van der Waals surface area contributed by atoms with Gasteiger partial charge >= 0.3 is 0 Å². The third-order valence-electron chi connectivity index (χ3n) is 2.62. The lowest BCUT2D eigenvalue weighted by Gasteiger charge is -2.11. The van der Waals surface area contributed by atoms with Crippen LogP contribution in [0.4, 0.5) is 5.95 Å². The van der Waals surface area contributed by atoms with Crippen molar-refractivity contribution >= 4 is 16.0 Å². The van der Waals surface area contributed by atoms with Crippen molar-refractivity contribution in [1.82, 2.24) is 14.7 Å². The molecule has 112 valence electrons. The van der Waals surface area contributed by atoms with E-state index < -0.39 is 10.0 Å². The van der Waals surface area contributed by atoms with E-state index in [2.05, 4.69) is 20.0 Å². The minimum absolute atomic E-state index is 0.144. The maximum absolute atomic E-state index is 12.1. The third-order valence-corrected chi connectivity index (χ3v) is 4.27. The van der Waals surface area contributed by atoms with Crippen molar-refractivity contribution in [3.63, 3.8) is 0 Å². The van der Waals surface area contributed by atoms with E-state index in [1.807, 2.05) is 6.07 Å². The van der Waals surface area contributed by atoms with Gasteiger partial charge in [0.15, 0.2) is 0 Å². The minimum Gasteiger partial charge on any atom is -0.350 e. The van der Waals surface area contributed by atoms with Gasteiger partial charge in [0.25, 0.3) is 0 Å². The highest BCUT2D eigenvalue weighted by Crippen LogP contribution is 2.13. The highest BCUT2D eigenvalue weighted by atomic mass is 32.2. The van der Waals surface area contributed by atoms with Crippen LogP contribution in [0.1, 0.15) is 19.4 Å². The van der Waals surface area contributed by atoms with Gasteiger partial charge in [-0.25, -0.2) is 23.1 Å². The Kier molecular flexibility index (Phi) is 4.87. The van der Waals surface area contributed by atoms with Gasteiger partial charge in [-0.1, -0.05) is 12.1 Å². The van der Waals surface area contributed by atoms with Gasteiger partial charge in [-0.3, -0.25) is 0 Å². The van der Waals surface area contributed by atoms with Crippen molar-refractivity contribution < 1.29 is 8.42 Å². The Labute approximate surface area is 124 Å². The first kappa shape index (κ1) is 15.4. The molecule has 0 saturated carbocycles. The smallest absolute Gasteiger partial charge is 0.240 e. The summed E-state index contributed by atoms with van der Waals surface area (Å²) in [6.45, 7) is 4.03. The Morgan fingerprint density at radius 3 is 2.52 bits per heavy atom. The molecule has 0 fully saturated rings. The molecule has 0 bridgehead atoms. The zero-order valence-electron chi connectivity index (χ0n) is 11.9. The van der Waals surface area contributed by atoms with Crippen molar-refractivity contribution in [3.05, 3.63) is 48.3 Å². The molecular weight excluding hydrogens is 288 g/mol. The highest BCUT2D eigenvalue weighted by molar-refractivity contribution is 7.89. The lowest BCUT2D eigenvalue weighted by atomic mass is 10.2. The lowest BCUT2D eigenvalue weighted by Crippen LogP contribution is -2.30. The first-order valence-electron chi connectivity index (χ1n) is 6.59. The van der Waals surface area contributed by atoms with Crippen LogP contribution in [0.3, 0.4) is 0 Å². The molecule has 1 heterocycles. The van der Waals surface area contributed by atoms with Crippen LogP contribution in [0, 0.1) is 0 Å². The number of rotatable bonds is 6. The Morgan fingerprint density at radius 1 is 1.14 bits per heavy atom. The Hall–Kier alpha value is -1.99. The fraction of sp³-hybridized carbons (Fsp3) is 0.286. The Bertz CT molecular complexity index is 687. The molecule has 0 aliphatic carbocycles. The highest BCUT2D eigenvalue weighted by Gasteiger charge is 2.15. The zero-order valence-corrected chi connectivity index (χ0v) is 12.8. The number of aromatic nitrogens is 2. The molecule has 6 nitrogen and oxygen atoms in total. The summed E-state index contributed by atoms with van der Waals surface area (Å²) >= 11 is 0. The number of anilines is 1. The molecule has 0 unspecified atom stereocenters. The quantitative estimate of drug-likeness (QED) is 0.850. The van der Waals surface area contributed by atoms with Crippen LogP contribution in [0.15, 0.2) is 47.6 Å². The third kappa shape index (κ3) is 4.51. The molecule has 0 amide bonds. The summed E-state index contributed by atoms with van der Waals surface area (Å²) in [5, 5.41) is 3.04. The number of hydrogen-bond acceptors (Lipinski definition) is 5. The average molecular weight is 306 g/mol. The van der Waals surface area contributed by atoms with Crippen LogP contribution in [0.5, 0.6) is 0 Å². The van der Waals surface area contributed by atoms with Crippen molar-refractivity contribution in [1.29, 1.82) is 0 Å². The van der Waals surface area contributed by atoms with Gasteiger partial charge in [-0.15, -0.1) is 0 Å². The van der Waals surface area contributed by atoms with E-state index in [9.17, 15) is 8.42 Å². The minimum atomic E-state index is -3.47. The summed E-state index contributed by atoms with van der Waals surface area (Å²) in [5.74, 6) is 0.506. The van der Waals surface area contributed by atoms with E-state index in [-0.39, 0.29) is 10.9 Å². The fourth-order valence-electron chi connectivity index (χ4n) is 1.77. The van der Waals surface area contributed by atoms with Crippen LogP contribution >= 0.6 is 0 Å². The molecule has 0 spiro atoms. The first-order valence-corrected chi connectivity index (χ1v) is 8.08. The second-order valence-electron chi connectivity index (χ2n) is 4.85. The SMILES string of the molecule is CC(C)NS(=O)(=O)c1cccc(CNc2ncccn2)c1. The van der Waals surface area contributed by atoms with E-state index in [0.29, 0.717) is 12.5 Å². The molecule has 0 atom stereocenters. The van der Waals surface area contributed by atoms with Gasteiger partial charge in [-0.2, -0.15) is 0 Å². The van der Waals surface area contributed by atoms with Gasteiger partial charge in [0.1, 0.15) is 0 Å². The summed E-state index contributed by atoms with van der Waals surface area (Å²) < 4.78 is 26.8. The monoisotopic (exact) mass is 306 g/mol. The topological polar surface area (TPSA) is 84.0 Å². The van der Waals surface area contributed by atoms with Gasteiger partial charge < -0.3 is 5.32 Å². The van der Waals surface area contributed by atoms with Crippen molar-refractivity contribution in [3.8, 4) is 0 Å². The molecule has 2 rings (SSSR count). The Balaban J connectivity index is 2.11. The summed E-state index contributed by atoms with van der Waals surface area (Å²) in [5.41, 5.74) is 0.842. The van der Waals surface area contributed by atoms with Crippen molar-refractivity contribution in [2.75, 3.05) is 5.32 Å². The molecule has 0 aliphatic heterocycles. The van der Waals surface area contributed by atoms with Crippen molar-refractivity contribution in [2.24, 2.45) is 0 Å². The van der Waals surface area contributed by atoms with Gasteiger partial charge in [-0.05, 0) is 37.6 Å². The summed E-state index contributed by atoms with van der Waals surface area (Å²) in [7, 11) is -3.47. The zero-order chi connectivity index (χ0) is 15.3. The van der Waals surface area contributed by atoms with Crippen LogP contribution in [0.25, 0.3) is 0 Å². The van der Waals surface area contributed by atoms with Crippen LogP contribution < -0.4 is 10.0 Å². The Morgan fingerprint density at radius 2 is 1.86 bits per heavy atom. The van der Waals surface area contributed by atoms with Gasteiger partial charge in [0.2, 0.25) is 16.0 Å². The van der Waals surface area contributed by atoms with Gasteiger partial charge in [0.05, 0.1) is 4.90 Å². The maximum atomic E-state index is 12.1. The molecule has 0 radical (unpaired) electrons. The number of hydrogen-bond donors (Lipinski definition) is 2. The molecule has 0 saturated heterocycles. The number of nitrogens with one attached hydrogen (secondary N) is 2. The molecular formula is C14H18N4O2S. The predicted molar refractivity (Wildman–Crippen MR) is 81.3 cm³/mol. The van der Waals surface area contributed by atoms with Crippen molar-refractivity contribution in [2.45, 2.75) is 31.3 Å². The maximum Gasteiger partial charge on any atom is 0.240 e. The predicted octanol–water partition coefficient (Wildman–Crippen LogP) is 1.78. The molecule has 2 aromatic rings. The molecule has 1 aromatic carbocycles. The fourth-order valence-corrected chi connectivity index (χ4v) is 3.09.